The van der Waals surface area contributed by atoms with Crippen LogP contribution in [-0.4, -0.2) is 7.11 Å². The van der Waals surface area contributed by atoms with Gasteiger partial charge in [-0.15, -0.1) is 0 Å². The fraction of sp³-hybridized carbons (Fsp3) is 0.118. The molecule has 0 radical (unpaired) electrons. The average Bonchev–Trinajstić information content (AvgIpc) is 2.50. The third-order valence-corrected chi connectivity index (χ3v) is 3.78. The summed E-state index contributed by atoms with van der Waals surface area (Å²) < 4.78 is 11.2. The highest BCUT2D eigenvalue weighted by Gasteiger charge is 2.17. The summed E-state index contributed by atoms with van der Waals surface area (Å²) in [6.07, 6.45) is 0. The lowest BCUT2D eigenvalue weighted by Gasteiger charge is -2.10. The Kier molecular flexibility index (Phi) is 3.43. The zero-order chi connectivity index (χ0) is 15.0. The van der Waals surface area contributed by atoms with Gasteiger partial charge in [0, 0.05) is 10.6 Å². The molecule has 1 heterocycles. The molecule has 0 atom stereocenters. The average molecular weight is 301 g/mol. The molecule has 2 aromatic carbocycles. The molecule has 0 fully saturated rings. The molecule has 0 spiro atoms. The number of fused-ring (bicyclic) bond motifs is 1. The number of ether oxygens (including phenoxy) is 1. The zero-order valence-electron chi connectivity index (χ0n) is 11.6. The Morgan fingerprint density at radius 3 is 2.52 bits per heavy atom. The number of methoxy groups -OCH3 is 1. The van der Waals surface area contributed by atoms with Crippen molar-refractivity contribution in [1.29, 1.82) is 0 Å². The summed E-state index contributed by atoms with van der Waals surface area (Å²) in [6, 6.07) is 12.8. The Balaban J connectivity index is 2.41. The molecule has 0 unspecified atom stereocenters. The molecule has 3 aromatic rings. The van der Waals surface area contributed by atoms with Crippen LogP contribution in [0.15, 0.2) is 51.7 Å². The Morgan fingerprint density at radius 2 is 1.86 bits per heavy atom. The highest BCUT2D eigenvalue weighted by atomic mass is 35.5. The van der Waals surface area contributed by atoms with E-state index in [1.807, 2.05) is 37.3 Å². The van der Waals surface area contributed by atoms with E-state index in [1.165, 1.54) is 7.11 Å². The van der Waals surface area contributed by atoms with Crippen molar-refractivity contribution >= 4 is 22.6 Å². The van der Waals surface area contributed by atoms with E-state index in [1.54, 1.807) is 12.1 Å². The van der Waals surface area contributed by atoms with Gasteiger partial charge in [-0.05, 0) is 24.6 Å². The topological polar surface area (TPSA) is 39.4 Å². The predicted octanol–water partition coefficient (Wildman–Crippen LogP) is 4.43. The number of hydrogen-bond donors (Lipinski definition) is 0. The molecular weight excluding hydrogens is 288 g/mol. The van der Waals surface area contributed by atoms with Crippen LogP contribution in [0.3, 0.4) is 0 Å². The van der Waals surface area contributed by atoms with Gasteiger partial charge in [0.05, 0.1) is 12.5 Å². The van der Waals surface area contributed by atoms with E-state index in [0.717, 1.165) is 11.1 Å². The standard InChI is InChI=1S/C17H13ClO3/c1-10-8-14-12(9-13(10)18)15(19)17(20-2)16(21-14)11-6-4-3-5-7-11/h3-9H,1-2H3. The lowest BCUT2D eigenvalue weighted by atomic mass is 10.1. The number of halogens is 1. The van der Waals surface area contributed by atoms with Crippen molar-refractivity contribution in [3.63, 3.8) is 0 Å². The first-order chi connectivity index (χ1) is 10.1. The Bertz CT molecular complexity index is 867. The van der Waals surface area contributed by atoms with Crippen molar-refractivity contribution in [3.05, 3.63) is 63.3 Å². The fourth-order valence-corrected chi connectivity index (χ4v) is 2.43. The predicted molar refractivity (Wildman–Crippen MR) is 84.2 cm³/mol. The van der Waals surface area contributed by atoms with Gasteiger partial charge in [0.2, 0.25) is 11.2 Å². The highest BCUT2D eigenvalue weighted by molar-refractivity contribution is 6.32. The van der Waals surface area contributed by atoms with Crippen LogP contribution in [0.4, 0.5) is 0 Å². The SMILES string of the molecule is COc1c(-c2ccccc2)oc2cc(C)c(Cl)cc2c1=O. The van der Waals surface area contributed by atoms with Crippen LogP contribution in [-0.2, 0) is 0 Å². The second kappa shape index (κ2) is 5.26. The first-order valence-electron chi connectivity index (χ1n) is 6.48. The molecule has 0 aliphatic rings. The van der Waals surface area contributed by atoms with Crippen molar-refractivity contribution in [1.82, 2.24) is 0 Å². The molecule has 0 bridgehead atoms. The van der Waals surface area contributed by atoms with Crippen LogP contribution in [0.5, 0.6) is 5.75 Å². The third kappa shape index (κ3) is 2.30. The van der Waals surface area contributed by atoms with E-state index in [2.05, 4.69) is 0 Å². The maximum absolute atomic E-state index is 12.6. The summed E-state index contributed by atoms with van der Waals surface area (Å²) in [5, 5.41) is 0.950. The molecule has 4 heteroatoms. The summed E-state index contributed by atoms with van der Waals surface area (Å²) in [6.45, 7) is 1.87. The van der Waals surface area contributed by atoms with Crippen molar-refractivity contribution in [2.75, 3.05) is 7.11 Å². The van der Waals surface area contributed by atoms with Gasteiger partial charge < -0.3 is 9.15 Å². The molecular formula is C17H13ClO3. The highest BCUT2D eigenvalue weighted by Crippen LogP contribution is 2.32. The largest absolute Gasteiger partial charge is 0.490 e. The van der Waals surface area contributed by atoms with Gasteiger partial charge in [-0.3, -0.25) is 4.79 Å². The van der Waals surface area contributed by atoms with Crippen LogP contribution in [0.2, 0.25) is 5.02 Å². The minimum Gasteiger partial charge on any atom is -0.490 e. The second-order valence-corrected chi connectivity index (χ2v) is 5.16. The van der Waals surface area contributed by atoms with Crippen molar-refractivity contribution in [2.45, 2.75) is 6.92 Å². The molecule has 0 aliphatic heterocycles. The van der Waals surface area contributed by atoms with Gasteiger partial charge in [-0.2, -0.15) is 0 Å². The van der Waals surface area contributed by atoms with E-state index in [4.69, 9.17) is 20.8 Å². The van der Waals surface area contributed by atoms with Gasteiger partial charge in [-0.25, -0.2) is 0 Å². The number of benzene rings is 2. The third-order valence-electron chi connectivity index (χ3n) is 3.37. The first kappa shape index (κ1) is 13.7. The maximum atomic E-state index is 12.6. The van der Waals surface area contributed by atoms with Gasteiger partial charge in [0.15, 0.2) is 5.76 Å². The van der Waals surface area contributed by atoms with Crippen molar-refractivity contribution in [3.8, 4) is 17.1 Å². The number of aryl methyl sites for hydroxylation is 1. The Hall–Kier alpha value is -2.26. The summed E-state index contributed by atoms with van der Waals surface area (Å²) in [5.74, 6) is 0.617. The van der Waals surface area contributed by atoms with Crippen LogP contribution < -0.4 is 10.2 Å². The van der Waals surface area contributed by atoms with E-state index < -0.39 is 0 Å². The van der Waals surface area contributed by atoms with E-state index in [-0.39, 0.29) is 11.2 Å². The van der Waals surface area contributed by atoms with Gasteiger partial charge >= 0.3 is 0 Å². The van der Waals surface area contributed by atoms with Crippen molar-refractivity contribution in [2.24, 2.45) is 0 Å². The summed E-state index contributed by atoms with van der Waals surface area (Å²) in [5.41, 5.74) is 1.93. The molecule has 0 amide bonds. The molecule has 0 saturated carbocycles. The second-order valence-electron chi connectivity index (χ2n) is 4.76. The van der Waals surface area contributed by atoms with Gasteiger partial charge in [0.1, 0.15) is 5.58 Å². The molecule has 0 N–H and O–H groups in total. The number of hydrogen-bond acceptors (Lipinski definition) is 3. The molecule has 21 heavy (non-hydrogen) atoms. The lowest BCUT2D eigenvalue weighted by molar-refractivity contribution is 0.398. The smallest absolute Gasteiger partial charge is 0.235 e. The lowest BCUT2D eigenvalue weighted by Crippen LogP contribution is -2.07. The minimum atomic E-state index is -0.223. The molecule has 1 aromatic heterocycles. The number of rotatable bonds is 2. The first-order valence-corrected chi connectivity index (χ1v) is 6.86. The fourth-order valence-electron chi connectivity index (χ4n) is 2.26. The van der Waals surface area contributed by atoms with Crippen LogP contribution in [0.25, 0.3) is 22.3 Å². The van der Waals surface area contributed by atoms with Crippen LogP contribution >= 0.6 is 11.6 Å². The van der Waals surface area contributed by atoms with Crippen LogP contribution in [0.1, 0.15) is 5.56 Å². The van der Waals surface area contributed by atoms with Crippen LogP contribution in [0, 0.1) is 6.92 Å². The normalized spacial score (nSPS) is 10.8. The quantitative estimate of drug-likeness (QED) is 0.703. The van der Waals surface area contributed by atoms with Gasteiger partial charge in [0.25, 0.3) is 0 Å². The van der Waals surface area contributed by atoms with E-state index >= 15 is 0 Å². The molecule has 0 aliphatic carbocycles. The van der Waals surface area contributed by atoms with Gasteiger partial charge in [-0.1, -0.05) is 41.9 Å². The monoisotopic (exact) mass is 300 g/mol. The minimum absolute atomic E-state index is 0.189. The summed E-state index contributed by atoms with van der Waals surface area (Å²) in [4.78, 5) is 12.6. The molecule has 3 nitrogen and oxygen atoms in total. The van der Waals surface area contributed by atoms with E-state index in [0.29, 0.717) is 21.8 Å². The van der Waals surface area contributed by atoms with Crippen molar-refractivity contribution < 1.29 is 9.15 Å². The maximum Gasteiger partial charge on any atom is 0.235 e. The molecule has 3 rings (SSSR count). The summed E-state index contributed by atoms with van der Waals surface area (Å²) in [7, 11) is 1.46. The molecule has 0 saturated heterocycles. The Morgan fingerprint density at radius 1 is 1.14 bits per heavy atom. The Labute approximate surface area is 126 Å². The molecule has 106 valence electrons. The zero-order valence-corrected chi connectivity index (χ0v) is 12.4. The summed E-state index contributed by atoms with van der Waals surface area (Å²) >= 11 is 6.09. The van der Waals surface area contributed by atoms with E-state index in [9.17, 15) is 4.79 Å².